The van der Waals surface area contributed by atoms with Gasteiger partial charge in [-0.15, -0.1) is 0 Å². The van der Waals surface area contributed by atoms with E-state index < -0.39 is 6.61 Å². The fraction of sp³-hybridized carbons (Fsp3) is 0.100. The summed E-state index contributed by atoms with van der Waals surface area (Å²) in [5, 5.41) is 0. The topological polar surface area (TPSA) is 27.1 Å². The monoisotopic (exact) mass is 209 g/mol. The van der Waals surface area contributed by atoms with Crippen molar-refractivity contribution >= 4 is 0 Å². The Hall–Kier alpha value is -1.91. The highest BCUT2D eigenvalue weighted by atomic mass is 19.3. The number of benzene rings is 1. The minimum Gasteiger partial charge on any atom is -0.435 e. The van der Waals surface area contributed by atoms with E-state index in [9.17, 15) is 8.78 Å². The zero-order valence-corrected chi connectivity index (χ0v) is 7.60. The molecule has 2 rings (SSSR count). The molecule has 0 amide bonds. The first-order valence-electron chi connectivity index (χ1n) is 4.21. The summed E-state index contributed by atoms with van der Waals surface area (Å²) >= 11 is 0. The number of imidazole rings is 1. The lowest BCUT2D eigenvalue weighted by atomic mass is 10.3. The Kier molecular flexibility index (Phi) is 2.62. The molecule has 3 nitrogen and oxygen atoms in total. The van der Waals surface area contributed by atoms with E-state index in [2.05, 4.69) is 15.9 Å². The lowest BCUT2D eigenvalue weighted by molar-refractivity contribution is -0.0498. The van der Waals surface area contributed by atoms with Crippen LogP contribution in [0.1, 0.15) is 0 Å². The number of halogens is 2. The van der Waals surface area contributed by atoms with Gasteiger partial charge in [0.25, 0.3) is 0 Å². The summed E-state index contributed by atoms with van der Waals surface area (Å²) in [5.74, 6) is 0.137. The molecule has 1 aromatic heterocycles. The predicted molar refractivity (Wildman–Crippen MR) is 49.0 cm³/mol. The molecular formula is C10H7F2N2O. The van der Waals surface area contributed by atoms with Gasteiger partial charge in [-0.3, -0.25) is 0 Å². The maximum atomic E-state index is 11.9. The van der Waals surface area contributed by atoms with E-state index in [1.165, 1.54) is 12.1 Å². The Morgan fingerprint density at radius 3 is 2.53 bits per heavy atom. The summed E-state index contributed by atoms with van der Waals surface area (Å²) in [6.07, 6.45) is 5.85. The van der Waals surface area contributed by atoms with Crippen LogP contribution in [0.15, 0.2) is 36.8 Å². The average molecular weight is 209 g/mol. The first-order chi connectivity index (χ1) is 7.25. The van der Waals surface area contributed by atoms with E-state index in [4.69, 9.17) is 0 Å². The van der Waals surface area contributed by atoms with Gasteiger partial charge >= 0.3 is 6.61 Å². The first-order valence-corrected chi connectivity index (χ1v) is 4.21. The van der Waals surface area contributed by atoms with Crippen LogP contribution < -0.4 is 4.74 Å². The highest BCUT2D eigenvalue weighted by molar-refractivity contribution is 5.37. The zero-order chi connectivity index (χ0) is 10.7. The lowest BCUT2D eigenvalue weighted by Crippen LogP contribution is -2.01. The molecule has 0 spiro atoms. The van der Waals surface area contributed by atoms with Gasteiger partial charge in [0, 0.05) is 11.9 Å². The fourth-order valence-electron chi connectivity index (χ4n) is 1.17. The van der Waals surface area contributed by atoms with Crippen molar-refractivity contribution in [2.45, 2.75) is 6.61 Å². The van der Waals surface area contributed by atoms with Gasteiger partial charge in [0.15, 0.2) is 0 Å². The van der Waals surface area contributed by atoms with Crippen molar-refractivity contribution in [3.63, 3.8) is 0 Å². The summed E-state index contributed by atoms with van der Waals surface area (Å²) in [5.41, 5.74) is 0.811. The van der Waals surface area contributed by atoms with Crippen LogP contribution in [0.25, 0.3) is 5.69 Å². The third-order valence-corrected chi connectivity index (χ3v) is 1.81. The molecular weight excluding hydrogens is 202 g/mol. The van der Waals surface area contributed by atoms with E-state index in [-0.39, 0.29) is 5.75 Å². The van der Waals surface area contributed by atoms with E-state index in [1.54, 1.807) is 29.2 Å². The number of hydrogen-bond acceptors (Lipinski definition) is 2. The Morgan fingerprint density at radius 1 is 1.27 bits per heavy atom. The Balaban J connectivity index is 2.17. The second-order valence-corrected chi connectivity index (χ2v) is 2.78. The Labute approximate surface area is 84.9 Å². The minimum atomic E-state index is -2.79. The van der Waals surface area contributed by atoms with E-state index in [0.29, 0.717) is 0 Å². The minimum absolute atomic E-state index is 0.137. The van der Waals surface area contributed by atoms with Gasteiger partial charge in [-0.25, -0.2) is 4.98 Å². The average Bonchev–Trinajstić information content (AvgIpc) is 2.71. The molecule has 2 aromatic rings. The van der Waals surface area contributed by atoms with Crippen molar-refractivity contribution in [2.75, 3.05) is 0 Å². The van der Waals surface area contributed by atoms with Crippen LogP contribution in [0.3, 0.4) is 0 Å². The van der Waals surface area contributed by atoms with Gasteiger partial charge in [-0.2, -0.15) is 8.78 Å². The normalized spacial score (nSPS) is 10.6. The molecule has 0 aliphatic heterocycles. The van der Waals surface area contributed by atoms with Crippen molar-refractivity contribution in [2.24, 2.45) is 0 Å². The summed E-state index contributed by atoms with van der Waals surface area (Å²) in [6, 6.07) is 6.27. The van der Waals surface area contributed by atoms with Gasteiger partial charge in [0.2, 0.25) is 0 Å². The van der Waals surface area contributed by atoms with Crippen LogP contribution >= 0.6 is 0 Å². The van der Waals surface area contributed by atoms with E-state index in [0.717, 1.165) is 5.69 Å². The fourth-order valence-corrected chi connectivity index (χ4v) is 1.17. The first kappa shape index (κ1) is 9.64. The summed E-state index contributed by atoms with van der Waals surface area (Å²) in [6.45, 7) is -2.79. The second-order valence-electron chi connectivity index (χ2n) is 2.78. The van der Waals surface area contributed by atoms with Gasteiger partial charge in [0.05, 0.1) is 6.33 Å². The number of alkyl halides is 2. The molecule has 0 aliphatic rings. The van der Waals surface area contributed by atoms with Crippen molar-refractivity contribution < 1.29 is 13.5 Å². The maximum Gasteiger partial charge on any atom is 0.387 e. The molecule has 0 bridgehead atoms. The van der Waals surface area contributed by atoms with Crippen LogP contribution in [0, 0.1) is 6.20 Å². The molecule has 0 fully saturated rings. The molecule has 0 aliphatic carbocycles. The maximum absolute atomic E-state index is 11.9. The molecule has 5 heteroatoms. The van der Waals surface area contributed by atoms with Gasteiger partial charge in [-0.05, 0) is 24.3 Å². The van der Waals surface area contributed by atoms with Gasteiger partial charge < -0.3 is 9.30 Å². The molecule has 1 heterocycles. The van der Waals surface area contributed by atoms with Crippen molar-refractivity contribution in [3.8, 4) is 11.4 Å². The molecule has 1 aromatic carbocycles. The van der Waals surface area contributed by atoms with Crippen LogP contribution in [0.4, 0.5) is 8.78 Å². The number of ether oxygens (including phenoxy) is 1. The molecule has 0 N–H and O–H groups in total. The Bertz CT molecular complexity index is 411. The second kappa shape index (κ2) is 4.08. The number of hydrogen-bond donors (Lipinski definition) is 0. The number of rotatable bonds is 3. The third-order valence-electron chi connectivity index (χ3n) is 1.81. The van der Waals surface area contributed by atoms with E-state index >= 15 is 0 Å². The third kappa shape index (κ3) is 2.31. The molecule has 77 valence electrons. The van der Waals surface area contributed by atoms with Crippen molar-refractivity contribution in [3.05, 3.63) is 43.0 Å². The SMILES string of the molecule is FC(F)Oc1ccc(-n2c[c]nc2)cc1. The Morgan fingerprint density at radius 2 is 2.00 bits per heavy atom. The summed E-state index contributed by atoms with van der Waals surface area (Å²) in [7, 11) is 0. The van der Waals surface area contributed by atoms with Crippen molar-refractivity contribution in [1.82, 2.24) is 9.55 Å². The summed E-state index contributed by atoms with van der Waals surface area (Å²) in [4.78, 5) is 3.76. The van der Waals surface area contributed by atoms with Crippen LogP contribution in [0.2, 0.25) is 0 Å². The molecule has 1 radical (unpaired) electrons. The van der Waals surface area contributed by atoms with Crippen LogP contribution in [-0.4, -0.2) is 16.2 Å². The molecule has 0 atom stereocenters. The smallest absolute Gasteiger partial charge is 0.387 e. The van der Waals surface area contributed by atoms with Gasteiger partial charge in [0.1, 0.15) is 11.9 Å². The lowest BCUT2D eigenvalue weighted by Gasteiger charge is -2.05. The number of aromatic nitrogens is 2. The molecule has 0 saturated heterocycles. The van der Waals surface area contributed by atoms with Crippen LogP contribution in [-0.2, 0) is 0 Å². The van der Waals surface area contributed by atoms with E-state index in [1.807, 2.05) is 0 Å². The molecule has 15 heavy (non-hydrogen) atoms. The largest absolute Gasteiger partial charge is 0.435 e. The highest BCUT2D eigenvalue weighted by Gasteiger charge is 2.03. The number of nitrogens with zero attached hydrogens (tertiary/aromatic N) is 2. The quantitative estimate of drug-likeness (QED) is 0.775. The molecule has 0 saturated carbocycles. The highest BCUT2D eigenvalue weighted by Crippen LogP contribution is 2.16. The van der Waals surface area contributed by atoms with Crippen molar-refractivity contribution in [1.29, 1.82) is 0 Å². The zero-order valence-electron chi connectivity index (χ0n) is 7.60. The predicted octanol–water partition coefficient (Wildman–Crippen LogP) is 2.27. The van der Waals surface area contributed by atoms with Crippen LogP contribution in [0.5, 0.6) is 5.75 Å². The molecule has 0 unspecified atom stereocenters. The standard InChI is InChI=1S/C10H7F2N2O/c11-10(12)15-9-3-1-8(2-4-9)14-6-5-13-7-14/h1-4,6-7,10H. The summed E-state index contributed by atoms with van der Waals surface area (Å²) < 4.78 is 29.6. The van der Waals surface area contributed by atoms with Gasteiger partial charge in [-0.1, -0.05) is 0 Å².